The van der Waals surface area contributed by atoms with Crippen LogP contribution in [0.1, 0.15) is 52.4 Å². The lowest BCUT2D eigenvalue weighted by atomic mass is 9.89. The molecule has 3 heteroatoms. The van der Waals surface area contributed by atoms with Crippen molar-refractivity contribution >= 4 is 5.91 Å². The standard InChI is InChI=1S/C14H26N2O/c1-3-12-6-10-16(11-7-12)13(17)14(4-2)8-5-9-15-14/h12,15H,3-11H2,1-2H3. The molecule has 0 spiro atoms. The zero-order chi connectivity index (χ0) is 12.3. The van der Waals surface area contributed by atoms with Gasteiger partial charge in [-0.2, -0.15) is 0 Å². The molecule has 2 aliphatic heterocycles. The van der Waals surface area contributed by atoms with Crippen LogP contribution in [0, 0.1) is 5.92 Å². The third kappa shape index (κ3) is 2.49. The molecule has 0 aromatic rings. The molecule has 1 amide bonds. The molecule has 0 aromatic carbocycles. The molecular formula is C14H26N2O. The van der Waals surface area contributed by atoms with Gasteiger partial charge >= 0.3 is 0 Å². The highest BCUT2D eigenvalue weighted by molar-refractivity contribution is 5.86. The molecule has 3 nitrogen and oxygen atoms in total. The first-order valence-electron chi connectivity index (χ1n) is 7.26. The SMILES string of the molecule is CCC1CCN(C(=O)C2(CC)CCCN2)CC1. The van der Waals surface area contributed by atoms with Crippen LogP contribution in [-0.4, -0.2) is 36.0 Å². The van der Waals surface area contributed by atoms with Crippen molar-refractivity contribution in [3.05, 3.63) is 0 Å². The first-order chi connectivity index (χ1) is 8.22. The number of carbonyl (C=O) groups is 1. The number of hydrogen-bond acceptors (Lipinski definition) is 2. The third-order valence-electron chi connectivity index (χ3n) is 4.74. The Bertz CT molecular complexity index is 263. The Morgan fingerprint density at radius 2 is 2.06 bits per heavy atom. The van der Waals surface area contributed by atoms with Crippen molar-refractivity contribution in [3.63, 3.8) is 0 Å². The minimum Gasteiger partial charge on any atom is -0.341 e. The molecule has 2 heterocycles. The Morgan fingerprint density at radius 1 is 1.35 bits per heavy atom. The van der Waals surface area contributed by atoms with E-state index in [1.165, 1.54) is 19.3 Å². The van der Waals surface area contributed by atoms with Crippen LogP contribution < -0.4 is 5.32 Å². The van der Waals surface area contributed by atoms with E-state index in [0.29, 0.717) is 5.91 Å². The predicted molar refractivity (Wildman–Crippen MR) is 69.9 cm³/mol. The van der Waals surface area contributed by atoms with Crippen molar-refractivity contribution in [1.29, 1.82) is 0 Å². The molecule has 0 aliphatic carbocycles. The third-order valence-corrected chi connectivity index (χ3v) is 4.74. The number of hydrogen-bond donors (Lipinski definition) is 1. The van der Waals surface area contributed by atoms with Gasteiger partial charge in [0, 0.05) is 13.1 Å². The molecule has 2 rings (SSSR count). The van der Waals surface area contributed by atoms with E-state index in [1.807, 2.05) is 0 Å². The first-order valence-corrected chi connectivity index (χ1v) is 7.26. The molecule has 17 heavy (non-hydrogen) atoms. The van der Waals surface area contributed by atoms with E-state index >= 15 is 0 Å². The summed E-state index contributed by atoms with van der Waals surface area (Å²) in [4.78, 5) is 14.7. The second kappa shape index (κ2) is 5.38. The summed E-state index contributed by atoms with van der Waals surface area (Å²) in [5.74, 6) is 1.21. The van der Waals surface area contributed by atoms with Crippen molar-refractivity contribution in [2.75, 3.05) is 19.6 Å². The van der Waals surface area contributed by atoms with E-state index in [2.05, 4.69) is 24.1 Å². The van der Waals surface area contributed by atoms with Crippen molar-refractivity contribution < 1.29 is 4.79 Å². The van der Waals surface area contributed by atoms with E-state index in [9.17, 15) is 4.79 Å². The lowest BCUT2D eigenvalue weighted by molar-refractivity contribution is -0.139. The lowest BCUT2D eigenvalue weighted by Gasteiger charge is -2.38. The summed E-state index contributed by atoms with van der Waals surface area (Å²) < 4.78 is 0. The molecule has 0 saturated carbocycles. The van der Waals surface area contributed by atoms with Crippen molar-refractivity contribution in [1.82, 2.24) is 10.2 Å². The van der Waals surface area contributed by atoms with E-state index < -0.39 is 0 Å². The van der Waals surface area contributed by atoms with E-state index in [4.69, 9.17) is 0 Å². The molecule has 0 bridgehead atoms. The maximum absolute atomic E-state index is 12.6. The minimum absolute atomic E-state index is 0.223. The normalized spacial score (nSPS) is 30.8. The smallest absolute Gasteiger partial charge is 0.242 e. The molecule has 2 fully saturated rings. The van der Waals surface area contributed by atoms with Crippen LogP contribution in [0.3, 0.4) is 0 Å². The fourth-order valence-electron chi connectivity index (χ4n) is 3.29. The predicted octanol–water partition coefficient (Wildman–Crippen LogP) is 2.17. The Morgan fingerprint density at radius 3 is 2.53 bits per heavy atom. The molecule has 98 valence electrons. The second-order valence-electron chi connectivity index (χ2n) is 5.61. The van der Waals surface area contributed by atoms with Crippen LogP contribution in [-0.2, 0) is 4.79 Å². The maximum Gasteiger partial charge on any atom is 0.242 e. The molecule has 1 N–H and O–H groups in total. The second-order valence-corrected chi connectivity index (χ2v) is 5.61. The zero-order valence-corrected chi connectivity index (χ0v) is 11.3. The fourth-order valence-corrected chi connectivity index (χ4v) is 3.29. The number of carbonyl (C=O) groups excluding carboxylic acids is 1. The number of piperidine rings is 1. The van der Waals surface area contributed by atoms with Gasteiger partial charge in [0.05, 0.1) is 5.54 Å². The topological polar surface area (TPSA) is 32.3 Å². The first kappa shape index (κ1) is 12.9. The Balaban J connectivity index is 1.96. The molecule has 0 radical (unpaired) electrons. The van der Waals surface area contributed by atoms with Crippen LogP contribution in [0.15, 0.2) is 0 Å². The summed E-state index contributed by atoms with van der Waals surface area (Å²) in [5.41, 5.74) is -0.223. The van der Waals surface area contributed by atoms with Gasteiger partial charge in [-0.15, -0.1) is 0 Å². The van der Waals surface area contributed by atoms with E-state index in [1.54, 1.807) is 0 Å². The Kier molecular flexibility index (Phi) is 4.08. The van der Waals surface area contributed by atoms with Gasteiger partial charge in [-0.1, -0.05) is 20.3 Å². The fraction of sp³-hybridized carbons (Fsp3) is 0.929. The van der Waals surface area contributed by atoms with Crippen molar-refractivity contribution in [2.24, 2.45) is 5.92 Å². The van der Waals surface area contributed by atoms with Gasteiger partial charge in [0.25, 0.3) is 0 Å². The monoisotopic (exact) mass is 238 g/mol. The van der Waals surface area contributed by atoms with Crippen LogP contribution in [0.4, 0.5) is 0 Å². The summed E-state index contributed by atoms with van der Waals surface area (Å²) in [6, 6.07) is 0. The molecule has 1 atom stereocenters. The Labute approximate surface area is 105 Å². The number of amides is 1. The van der Waals surface area contributed by atoms with Gasteiger partial charge in [-0.3, -0.25) is 4.79 Å². The molecular weight excluding hydrogens is 212 g/mol. The summed E-state index contributed by atoms with van der Waals surface area (Å²) >= 11 is 0. The molecule has 2 aliphatic rings. The largest absolute Gasteiger partial charge is 0.341 e. The van der Waals surface area contributed by atoms with Gasteiger partial charge in [0.15, 0.2) is 0 Å². The highest BCUT2D eigenvalue weighted by atomic mass is 16.2. The van der Waals surface area contributed by atoms with Gasteiger partial charge in [-0.05, 0) is 44.6 Å². The average Bonchev–Trinajstić information content (AvgIpc) is 2.88. The lowest BCUT2D eigenvalue weighted by Crippen LogP contribution is -2.56. The number of rotatable bonds is 3. The summed E-state index contributed by atoms with van der Waals surface area (Å²) in [6.07, 6.45) is 6.75. The quantitative estimate of drug-likeness (QED) is 0.817. The van der Waals surface area contributed by atoms with E-state index in [-0.39, 0.29) is 5.54 Å². The summed E-state index contributed by atoms with van der Waals surface area (Å²) in [6.45, 7) is 7.34. The van der Waals surface area contributed by atoms with Crippen LogP contribution in [0.2, 0.25) is 0 Å². The number of nitrogens with zero attached hydrogens (tertiary/aromatic N) is 1. The average molecular weight is 238 g/mol. The van der Waals surface area contributed by atoms with Crippen LogP contribution in [0.5, 0.6) is 0 Å². The number of nitrogens with one attached hydrogen (secondary N) is 1. The van der Waals surface area contributed by atoms with Crippen molar-refractivity contribution in [2.45, 2.75) is 57.9 Å². The van der Waals surface area contributed by atoms with Gasteiger partial charge in [-0.25, -0.2) is 0 Å². The molecule has 0 aromatic heterocycles. The zero-order valence-electron chi connectivity index (χ0n) is 11.3. The van der Waals surface area contributed by atoms with Crippen LogP contribution in [0.25, 0.3) is 0 Å². The van der Waals surface area contributed by atoms with Gasteiger partial charge < -0.3 is 10.2 Å². The summed E-state index contributed by atoms with van der Waals surface area (Å²) in [7, 11) is 0. The Hall–Kier alpha value is -0.570. The number of likely N-dealkylation sites (tertiary alicyclic amines) is 1. The van der Waals surface area contributed by atoms with Gasteiger partial charge in [0.2, 0.25) is 5.91 Å². The molecule has 1 unspecified atom stereocenters. The highest BCUT2D eigenvalue weighted by Crippen LogP contribution is 2.28. The minimum atomic E-state index is -0.223. The van der Waals surface area contributed by atoms with Gasteiger partial charge in [0.1, 0.15) is 0 Å². The maximum atomic E-state index is 12.6. The molecule has 2 saturated heterocycles. The highest BCUT2D eigenvalue weighted by Gasteiger charge is 2.42. The van der Waals surface area contributed by atoms with Crippen molar-refractivity contribution in [3.8, 4) is 0 Å². The van der Waals surface area contributed by atoms with E-state index in [0.717, 1.165) is 44.8 Å². The van der Waals surface area contributed by atoms with Crippen LogP contribution >= 0.6 is 0 Å². The summed E-state index contributed by atoms with van der Waals surface area (Å²) in [5, 5.41) is 3.45.